The van der Waals surface area contributed by atoms with E-state index in [9.17, 15) is 4.79 Å². The van der Waals surface area contributed by atoms with E-state index in [1.54, 1.807) is 23.1 Å². The van der Waals surface area contributed by atoms with Gasteiger partial charge in [-0.3, -0.25) is 9.69 Å². The average molecular weight is 442 g/mol. The molecule has 1 aromatic heterocycles. The minimum atomic E-state index is 0.152. The Balaban J connectivity index is 1.77. The summed E-state index contributed by atoms with van der Waals surface area (Å²) in [5.41, 5.74) is 3.42. The molecular formula is C24H31N3OS2. The van der Waals surface area contributed by atoms with Gasteiger partial charge in [0, 0.05) is 30.2 Å². The van der Waals surface area contributed by atoms with Gasteiger partial charge in [0.25, 0.3) is 0 Å². The van der Waals surface area contributed by atoms with Gasteiger partial charge in [0.1, 0.15) is 0 Å². The van der Waals surface area contributed by atoms with E-state index in [2.05, 4.69) is 56.9 Å². The van der Waals surface area contributed by atoms with Crippen molar-refractivity contribution in [2.24, 2.45) is 0 Å². The van der Waals surface area contributed by atoms with Gasteiger partial charge in [-0.25, -0.2) is 4.98 Å². The topological polar surface area (TPSA) is 36.4 Å². The SMILES string of the molecule is CCN(CC)CCN(C(=O)CCSc1ccccc1)c1nc2c(C)cc(C)cc2s1. The van der Waals surface area contributed by atoms with E-state index in [1.165, 1.54) is 16.0 Å². The Hall–Kier alpha value is -1.89. The van der Waals surface area contributed by atoms with Crippen molar-refractivity contribution >= 4 is 44.4 Å². The molecule has 0 saturated heterocycles. The Bertz CT molecular complexity index is 967. The molecule has 0 bridgehead atoms. The Kier molecular flexibility index (Phi) is 8.31. The van der Waals surface area contributed by atoms with Crippen molar-refractivity contribution in [2.75, 3.05) is 36.8 Å². The van der Waals surface area contributed by atoms with Gasteiger partial charge in [-0.05, 0) is 56.3 Å². The fraction of sp³-hybridized carbons (Fsp3) is 0.417. The highest BCUT2D eigenvalue weighted by Crippen LogP contribution is 2.32. The van der Waals surface area contributed by atoms with Crippen LogP contribution in [-0.2, 0) is 4.79 Å². The van der Waals surface area contributed by atoms with Crippen LogP contribution in [0.1, 0.15) is 31.4 Å². The van der Waals surface area contributed by atoms with Gasteiger partial charge in [-0.15, -0.1) is 11.8 Å². The summed E-state index contributed by atoms with van der Waals surface area (Å²) in [5, 5.41) is 0.820. The number of aromatic nitrogens is 1. The molecule has 3 rings (SSSR count). The summed E-state index contributed by atoms with van der Waals surface area (Å²) in [5.74, 6) is 0.923. The lowest BCUT2D eigenvalue weighted by Gasteiger charge is -2.24. The van der Waals surface area contributed by atoms with Crippen LogP contribution in [0.3, 0.4) is 0 Å². The predicted molar refractivity (Wildman–Crippen MR) is 131 cm³/mol. The van der Waals surface area contributed by atoms with E-state index in [4.69, 9.17) is 4.98 Å². The number of anilines is 1. The maximum Gasteiger partial charge on any atom is 0.229 e. The molecule has 1 amide bonds. The number of thiazole rings is 1. The van der Waals surface area contributed by atoms with Gasteiger partial charge in [0.2, 0.25) is 5.91 Å². The number of thioether (sulfide) groups is 1. The second-order valence-corrected chi connectivity index (χ2v) is 9.59. The first kappa shape index (κ1) is 22.8. The summed E-state index contributed by atoms with van der Waals surface area (Å²) in [7, 11) is 0. The number of benzene rings is 2. The first-order valence-electron chi connectivity index (χ1n) is 10.6. The number of likely N-dealkylation sites (N-methyl/N-ethyl adjacent to an activating group) is 1. The number of fused-ring (bicyclic) bond motifs is 1. The van der Waals surface area contributed by atoms with Crippen molar-refractivity contribution in [3.8, 4) is 0 Å². The van der Waals surface area contributed by atoms with Gasteiger partial charge in [0.15, 0.2) is 5.13 Å². The normalized spacial score (nSPS) is 11.4. The zero-order valence-electron chi connectivity index (χ0n) is 18.4. The first-order valence-corrected chi connectivity index (χ1v) is 12.4. The van der Waals surface area contributed by atoms with Crippen LogP contribution in [0.4, 0.5) is 5.13 Å². The molecule has 0 N–H and O–H groups in total. The number of rotatable bonds is 10. The molecule has 6 heteroatoms. The maximum atomic E-state index is 13.2. The fourth-order valence-corrected chi connectivity index (χ4v) is 5.54. The number of hydrogen-bond donors (Lipinski definition) is 0. The number of hydrogen-bond acceptors (Lipinski definition) is 5. The van der Waals surface area contributed by atoms with E-state index in [0.29, 0.717) is 13.0 Å². The van der Waals surface area contributed by atoms with Gasteiger partial charge in [0.05, 0.1) is 10.2 Å². The highest BCUT2D eigenvalue weighted by Gasteiger charge is 2.21. The van der Waals surface area contributed by atoms with Crippen LogP contribution in [0.5, 0.6) is 0 Å². The van der Waals surface area contributed by atoms with E-state index >= 15 is 0 Å². The first-order chi connectivity index (χ1) is 14.5. The third-order valence-corrected chi connectivity index (χ3v) is 7.25. The summed E-state index contributed by atoms with van der Waals surface area (Å²) < 4.78 is 1.15. The molecule has 30 heavy (non-hydrogen) atoms. The second-order valence-electron chi connectivity index (χ2n) is 7.41. The molecule has 0 fully saturated rings. The van der Waals surface area contributed by atoms with Gasteiger partial charge < -0.3 is 4.90 Å². The third kappa shape index (κ3) is 5.84. The molecule has 0 radical (unpaired) electrons. The number of nitrogens with zero attached hydrogens (tertiary/aromatic N) is 3. The van der Waals surface area contributed by atoms with Crippen molar-refractivity contribution in [1.29, 1.82) is 0 Å². The smallest absolute Gasteiger partial charge is 0.229 e. The lowest BCUT2D eigenvalue weighted by molar-refractivity contribution is -0.118. The third-order valence-electron chi connectivity index (χ3n) is 5.21. The van der Waals surface area contributed by atoms with Crippen LogP contribution >= 0.6 is 23.1 Å². The quantitative estimate of drug-likeness (QED) is 0.374. The Labute approximate surface area is 188 Å². The minimum Gasteiger partial charge on any atom is -0.302 e. The van der Waals surface area contributed by atoms with E-state index < -0.39 is 0 Å². The van der Waals surface area contributed by atoms with Gasteiger partial charge >= 0.3 is 0 Å². The number of aryl methyl sites for hydroxylation is 2. The molecular weight excluding hydrogens is 410 g/mol. The number of carbonyl (C=O) groups excluding carboxylic acids is 1. The van der Waals surface area contributed by atoms with Gasteiger partial charge in [-0.1, -0.05) is 49.4 Å². The number of amides is 1. The molecule has 0 aliphatic heterocycles. The Morgan fingerprint density at radius 1 is 1.07 bits per heavy atom. The Morgan fingerprint density at radius 3 is 2.50 bits per heavy atom. The molecule has 3 aromatic rings. The van der Waals surface area contributed by atoms with E-state index in [1.807, 2.05) is 23.1 Å². The van der Waals surface area contributed by atoms with Crippen LogP contribution in [0.2, 0.25) is 0 Å². The molecule has 0 aliphatic rings. The fourth-order valence-electron chi connectivity index (χ4n) is 3.49. The zero-order valence-corrected chi connectivity index (χ0v) is 20.0. The number of carbonyl (C=O) groups is 1. The van der Waals surface area contributed by atoms with Crippen LogP contribution in [-0.4, -0.2) is 47.7 Å². The maximum absolute atomic E-state index is 13.2. The van der Waals surface area contributed by atoms with Crippen molar-refractivity contribution in [3.05, 3.63) is 53.6 Å². The van der Waals surface area contributed by atoms with Crippen molar-refractivity contribution < 1.29 is 4.79 Å². The van der Waals surface area contributed by atoms with Crippen LogP contribution in [0, 0.1) is 13.8 Å². The lowest BCUT2D eigenvalue weighted by atomic mass is 10.1. The largest absolute Gasteiger partial charge is 0.302 e. The van der Waals surface area contributed by atoms with Crippen LogP contribution in [0.25, 0.3) is 10.2 Å². The lowest BCUT2D eigenvalue weighted by Crippen LogP contribution is -2.39. The van der Waals surface area contributed by atoms with E-state index in [0.717, 1.165) is 40.7 Å². The monoisotopic (exact) mass is 441 g/mol. The van der Waals surface area contributed by atoms with Crippen molar-refractivity contribution in [1.82, 2.24) is 9.88 Å². The standard InChI is InChI=1S/C24H31N3OS2/c1-5-26(6-2)13-14-27(22(28)12-15-29-20-10-8-7-9-11-20)24-25-23-19(4)16-18(3)17-21(23)30-24/h7-11,16-17H,5-6,12-15H2,1-4H3. The Morgan fingerprint density at radius 2 is 1.80 bits per heavy atom. The highest BCUT2D eigenvalue weighted by molar-refractivity contribution is 7.99. The van der Waals surface area contributed by atoms with E-state index in [-0.39, 0.29) is 5.91 Å². The average Bonchev–Trinajstić information content (AvgIpc) is 3.16. The minimum absolute atomic E-state index is 0.152. The van der Waals surface area contributed by atoms with Crippen LogP contribution < -0.4 is 4.90 Å². The highest BCUT2D eigenvalue weighted by atomic mass is 32.2. The molecule has 2 aromatic carbocycles. The van der Waals surface area contributed by atoms with Crippen molar-refractivity contribution in [2.45, 2.75) is 39.0 Å². The molecule has 0 aliphatic carbocycles. The summed E-state index contributed by atoms with van der Waals surface area (Å²) >= 11 is 3.36. The molecule has 160 valence electrons. The summed E-state index contributed by atoms with van der Waals surface area (Å²) in [6, 6.07) is 14.6. The molecule has 0 spiro atoms. The zero-order chi connectivity index (χ0) is 21.5. The van der Waals surface area contributed by atoms with Crippen LogP contribution in [0.15, 0.2) is 47.4 Å². The molecule has 0 atom stereocenters. The summed E-state index contributed by atoms with van der Waals surface area (Å²) in [6.45, 7) is 12.0. The second kappa shape index (κ2) is 10.9. The van der Waals surface area contributed by atoms with Crippen molar-refractivity contribution in [3.63, 3.8) is 0 Å². The molecule has 0 saturated carbocycles. The molecule has 0 unspecified atom stereocenters. The van der Waals surface area contributed by atoms with Gasteiger partial charge in [-0.2, -0.15) is 0 Å². The summed E-state index contributed by atoms with van der Waals surface area (Å²) in [4.78, 5) is 23.5. The molecule has 1 heterocycles. The predicted octanol–water partition coefficient (Wildman–Crippen LogP) is 5.77. The molecule has 4 nitrogen and oxygen atoms in total. The summed E-state index contributed by atoms with van der Waals surface area (Å²) in [6.07, 6.45) is 0.506.